The Morgan fingerprint density at radius 2 is 2.03 bits per heavy atom. The van der Waals surface area contributed by atoms with E-state index in [1.54, 1.807) is 10.8 Å². The van der Waals surface area contributed by atoms with Crippen molar-refractivity contribution >= 4 is 22.9 Å². The van der Waals surface area contributed by atoms with Gasteiger partial charge in [-0.25, -0.2) is 9.97 Å². The number of piperidine rings is 2. The van der Waals surface area contributed by atoms with Gasteiger partial charge in [-0.05, 0) is 70.2 Å². The van der Waals surface area contributed by atoms with Crippen LogP contribution >= 0.6 is 0 Å². The minimum Gasteiger partial charge on any atom is -0.356 e. The smallest absolute Gasteiger partial charge is 0.295 e. The predicted molar refractivity (Wildman–Crippen MR) is 127 cm³/mol. The molecule has 0 radical (unpaired) electrons. The fourth-order valence-electron chi connectivity index (χ4n) is 5.06. The van der Waals surface area contributed by atoms with Gasteiger partial charge in [0.1, 0.15) is 5.52 Å². The summed E-state index contributed by atoms with van der Waals surface area (Å²) in [6, 6.07) is 3.73. The van der Waals surface area contributed by atoms with Crippen molar-refractivity contribution in [2.75, 3.05) is 44.2 Å². The van der Waals surface area contributed by atoms with E-state index in [4.69, 9.17) is 0 Å². The second-order valence-corrected chi connectivity index (χ2v) is 9.28. The van der Waals surface area contributed by atoms with Crippen molar-refractivity contribution in [2.24, 2.45) is 11.8 Å². The summed E-state index contributed by atoms with van der Waals surface area (Å²) >= 11 is 0. The van der Waals surface area contributed by atoms with Crippen LogP contribution in [0, 0.1) is 11.8 Å². The van der Waals surface area contributed by atoms with Crippen LogP contribution in [0.25, 0.3) is 11.2 Å². The van der Waals surface area contributed by atoms with E-state index in [0.29, 0.717) is 31.1 Å². The second-order valence-electron chi connectivity index (χ2n) is 9.28. The summed E-state index contributed by atoms with van der Waals surface area (Å²) in [7, 11) is 0. The highest BCUT2D eigenvalue weighted by atomic mass is 16.2. The molecule has 2 aromatic rings. The molecular weight excluding hydrogens is 404 g/mol. The van der Waals surface area contributed by atoms with Crippen molar-refractivity contribution in [3.05, 3.63) is 28.7 Å². The first-order valence-corrected chi connectivity index (χ1v) is 12.2. The quantitative estimate of drug-likeness (QED) is 0.665. The lowest BCUT2D eigenvalue weighted by atomic mass is 9.96. The summed E-state index contributed by atoms with van der Waals surface area (Å²) in [5.74, 6) is 1.43. The number of carbonyl (C=O) groups excluding carboxylic acids is 1. The molecule has 174 valence electrons. The largest absolute Gasteiger partial charge is 0.356 e. The molecule has 2 aliphatic rings. The summed E-state index contributed by atoms with van der Waals surface area (Å²) in [5.41, 5.74) is 1.25. The zero-order valence-corrected chi connectivity index (χ0v) is 19.4. The van der Waals surface area contributed by atoms with Crippen LogP contribution in [0.3, 0.4) is 0 Å². The van der Waals surface area contributed by atoms with Crippen molar-refractivity contribution in [2.45, 2.75) is 52.5 Å². The number of amides is 1. The van der Waals surface area contributed by atoms with Crippen LogP contribution in [0.4, 0.5) is 5.82 Å². The van der Waals surface area contributed by atoms with E-state index >= 15 is 0 Å². The van der Waals surface area contributed by atoms with Crippen LogP contribution in [0.15, 0.2) is 23.1 Å². The number of aryl methyl sites for hydroxylation is 1. The van der Waals surface area contributed by atoms with Gasteiger partial charge in [0.2, 0.25) is 5.91 Å². The molecule has 0 aliphatic carbocycles. The molecule has 0 spiro atoms. The van der Waals surface area contributed by atoms with Gasteiger partial charge in [0.25, 0.3) is 5.56 Å². The number of anilines is 1. The molecular formula is C24H36N6O2. The lowest BCUT2D eigenvalue weighted by Crippen LogP contribution is -2.44. The lowest BCUT2D eigenvalue weighted by Gasteiger charge is -2.32. The number of rotatable bonds is 7. The number of nitrogens with zero attached hydrogens (tertiary/aromatic N) is 5. The van der Waals surface area contributed by atoms with Crippen LogP contribution in [0.5, 0.6) is 0 Å². The van der Waals surface area contributed by atoms with E-state index < -0.39 is 0 Å². The van der Waals surface area contributed by atoms with Gasteiger partial charge in [-0.1, -0.05) is 6.92 Å². The van der Waals surface area contributed by atoms with Gasteiger partial charge in [-0.15, -0.1) is 0 Å². The third kappa shape index (κ3) is 5.11. The maximum atomic E-state index is 13.0. The number of hydrogen-bond donors (Lipinski definition) is 1. The first-order valence-electron chi connectivity index (χ1n) is 12.2. The Balaban J connectivity index is 1.28. The van der Waals surface area contributed by atoms with Crippen molar-refractivity contribution in [1.82, 2.24) is 24.8 Å². The number of pyridine rings is 1. The molecule has 8 nitrogen and oxygen atoms in total. The summed E-state index contributed by atoms with van der Waals surface area (Å²) < 4.78 is 1.68. The monoisotopic (exact) mass is 440 g/mol. The third-order valence-corrected chi connectivity index (χ3v) is 6.86. The first-order chi connectivity index (χ1) is 15.6. The van der Waals surface area contributed by atoms with Gasteiger partial charge in [-0.2, -0.15) is 0 Å². The maximum Gasteiger partial charge on any atom is 0.295 e. The van der Waals surface area contributed by atoms with Crippen LogP contribution < -0.4 is 15.8 Å². The van der Waals surface area contributed by atoms with Crippen molar-refractivity contribution in [1.29, 1.82) is 0 Å². The number of likely N-dealkylation sites (tertiary alicyclic amines) is 1. The molecule has 0 unspecified atom stereocenters. The molecule has 8 heteroatoms. The topological polar surface area (TPSA) is 83.4 Å². The molecule has 0 saturated carbocycles. The number of nitrogens with one attached hydrogen (secondary N) is 1. The minimum absolute atomic E-state index is 0.0109. The molecule has 2 aromatic heterocycles. The normalized spacial score (nSPS) is 20.6. The highest BCUT2D eigenvalue weighted by Gasteiger charge is 2.27. The molecule has 0 aromatic carbocycles. The molecule has 2 saturated heterocycles. The number of hydrogen-bond acceptors (Lipinski definition) is 6. The van der Waals surface area contributed by atoms with Gasteiger partial charge in [-0.3, -0.25) is 14.2 Å². The minimum atomic E-state index is -0.103. The standard InChI is InChI=1S/C24H36N6O2/c1-3-30-21-20(8-4-11-25-21)27-22(24(30)32)29-15-9-19(10-16-29)23(31)26-12-6-14-28-13-5-7-18(2)17-28/h4,8,11,18-19H,3,5-7,9-10,12-17H2,1-2H3,(H,26,31)/t18-/m1/s1. The lowest BCUT2D eigenvalue weighted by molar-refractivity contribution is -0.125. The Labute approximate surface area is 190 Å². The Bertz CT molecular complexity index is 982. The van der Waals surface area contributed by atoms with Gasteiger partial charge < -0.3 is 15.1 Å². The van der Waals surface area contributed by atoms with Crippen molar-refractivity contribution in [3.63, 3.8) is 0 Å². The summed E-state index contributed by atoms with van der Waals surface area (Å²) in [4.78, 5) is 39.1. The third-order valence-electron chi connectivity index (χ3n) is 6.86. The summed E-state index contributed by atoms with van der Waals surface area (Å²) in [6.07, 6.45) is 6.80. The fraction of sp³-hybridized carbons (Fsp3) is 0.667. The van der Waals surface area contributed by atoms with Crippen molar-refractivity contribution in [3.8, 4) is 0 Å². The van der Waals surface area contributed by atoms with E-state index in [0.717, 1.165) is 43.8 Å². The highest BCUT2D eigenvalue weighted by molar-refractivity contribution is 5.79. The van der Waals surface area contributed by atoms with Gasteiger partial charge >= 0.3 is 0 Å². The van der Waals surface area contributed by atoms with Crippen molar-refractivity contribution < 1.29 is 4.79 Å². The molecule has 2 aliphatic heterocycles. The van der Waals surface area contributed by atoms with E-state index in [1.165, 1.54) is 25.9 Å². The number of fused-ring (bicyclic) bond motifs is 1. The van der Waals surface area contributed by atoms with E-state index in [1.807, 2.05) is 24.0 Å². The summed E-state index contributed by atoms with van der Waals surface area (Å²) in [5, 5.41) is 3.14. The van der Waals surface area contributed by atoms with Crippen LogP contribution in [-0.4, -0.2) is 64.6 Å². The zero-order chi connectivity index (χ0) is 22.5. The fourth-order valence-corrected chi connectivity index (χ4v) is 5.06. The molecule has 4 heterocycles. The molecule has 1 N–H and O–H groups in total. The molecule has 1 amide bonds. The Hall–Kier alpha value is -2.48. The first kappa shape index (κ1) is 22.7. The Morgan fingerprint density at radius 3 is 2.78 bits per heavy atom. The second kappa shape index (κ2) is 10.4. The SMILES string of the molecule is CCn1c(=O)c(N2CCC(C(=O)NCCCN3CCC[C@@H](C)C3)CC2)nc2cccnc21. The van der Waals surface area contributed by atoms with E-state index in [2.05, 4.69) is 27.1 Å². The molecule has 1 atom stereocenters. The Morgan fingerprint density at radius 1 is 1.22 bits per heavy atom. The average molecular weight is 441 g/mol. The predicted octanol–water partition coefficient (Wildman–Crippen LogP) is 2.27. The number of carbonyl (C=O) groups is 1. The van der Waals surface area contributed by atoms with Gasteiger partial charge in [0, 0.05) is 44.8 Å². The molecule has 32 heavy (non-hydrogen) atoms. The zero-order valence-electron chi connectivity index (χ0n) is 19.4. The Kier molecular flexibility index (Phi) is 7.40. The van der Waals surface area contributed by atoms with E-state index in [-0.39, 0.29) is 17.4 Å². The van der Waals surface area contributed by atoms with Gasteiger partial charge in [0.05, 0.1) is 0 Å². The van der Waals surface area contributed by atoms with Crippen LogP contribution in [-0.2, 0) is 11.3 Å². The van der Waals surface area contributed by atoms with Crippen LogP contribution in [0.2, 0.25) is 0 Å². The maximum absolute atomic E-state index is 13.0. The van der Waals surface area contributed by atoms with E-state index in [9.17, 15) is 9.59 Å². The summed E-state index contributed by atoms with van der Waals surface area (Å²) in [6.45, 7) is 10.3. The highest BCUT2D eigenvalue weighted by Crippen LogP contribution is 2.22. The molecule has 2 fully saturated rings. The van der Waals surface area contributed by atoms with Crippen LogP contribution in [0.1, 0.15) is 46.0 Å². The average Bonchev–Trinajstić information content (AvgIpc) is 2.81. The number of aromatic nitrogens is 3. The molecule has 4 rings (SSSR count). The van der Waals surface area contributed by atoms with Gasteiger partial charge in [0.15, 0.2) is 11.5 Å². The molecule has 0 bridgehead atoms.